The molecule has 1 heterocycles. The average molecular weight is 448 g/mol. The first kappa shape index (κ1) is 19.6. The van der Waals surface area contributed by atoms with Gasteiger partial charge in [-0.1, -0.05) is 24.3 Å². The number of anilines is 1. The van der Waals surface area contributed by atoms with Gasteiger partial charge in [-0.05, 0) is 78.5 Å². The lowest BCUT2D eigenvalue weighted by molar-refractivity contribution is 0.600. The fourth-order valence-electron chi connectivity index (χ4n) is 2.94. The zero-order valence-corrected chi connectivity index (χ0v) is 18.1. The van der Waals surface area contributed by atoms with Gasteiger partial charge in [-0.3, -0.25) is 9.40 Å². The molecule has 0 unspecified atom stereocenters. The van der Waals surface area contributed by atoms with E-state index in [1.54, 1.807) is 19.1 Å². The summed E-state index contributed by atoms with van der Waals surface area (Å²) in [6, 6.07) is 12.8. The first-order valence-corrected chi connectivity index (χ1v) is 10.8. The summed E-state index contributed by atoms with van der Waals surface area (Å²) in [5.74, 6) is 0. The summed E-state index contributed by atoms with van der Waals surface area (Å²) >= 11 is 3.53. The first-order chi connectivity index (χ1) is 12.7. The number of hydrogen-bond acceptors (Lipinski definition) is 3. The van der Waals surface area contributed by atoms with Crippen molar-refractivity contribution in [2.24, 2.45) is 0 Å². The molecule has 1 N–H and O–H groups in total. The van der Waals surface area contributed by atoms with Crippen LogP contribution in [-0.4, -0.2) is 18.2 Å². The van der Waals surface area contributed by atoms with Crippen LogP contribution in [-0.2, 0) is 16.6 Å². The van der Waals surface area contributed by atoms with Gasteiger partial charge in [0.15, 0.2) is 0 Å². The van der Waals surface area contributed by atoms with E-state index in [9.17, 15) is 8.42 Å². The SMILES string of the molecule is Cc1ccc(C)c(S(=O)(=O)Nc2cccc(Cn3nc(C)c(Br)c3C)c2)c1. The van der Waals surface area contributed by atoms with E-state index in [0.717, 1.165) is 32.6 Å². The maximum atomic E-state index is 12.8. The van der Waals surface area contributed by atoms with Crippen molar-refractivity contribution in [2.45, 2.75) is 39.1 Å². The lowest BCUT2D eigenvalue weighted by atomic mass is 10.2. The largest absolute Gasteiger partial charge is 0.280 e. The van der Waals surface area contributed by atoms with Crippen molar-refractivity contribution in [3.05, 3.63) is 75.0 Å². The predicted octanol–water partition coefficient (Wildman–Crippen LogP) is 4.73. The molecule has 142 valence electrons. The van der Waals surface area contributed by atoms with E-state index in [2.05, 4.69) is 25.8 Å². The van der Waals surface area contributed by atoms with Crippen LogP contribution in [0.4, 0.5) is 5.69 Å². The molecular weight excluding hydrogens is 426 g/mol. The van der Waals surface area contributed by atoms with Gasteiger partial charge in [0, 0.05) is 5.69 Å². The van der Waals surface area contributed by atoms with Crippen LogP contribution in [0.3, 0.4) is 0 Å². The molecular formula is C20H22BrN3O2S. The Bertz CT molecular complexity index is 1100. The van der Waals surface area contributed by atoms with Crippen LogP contribution in [0.15, 0.2) is 51.8 Å². The van der Waals surface area contributed by atoms with Crippen LogP contribution >= 0.6 is 15.9 Å². The number of aromatic nitrogens is 2. The van der Waals surface area contributed by atoms with Gasteiger partial charge in [-0.2, -0.15) is 5.10 Å². The van der Waals surface area contributed by atoms with Crippen LogP contribution in [0.1, 0.15) is 28.1 Å². The summed E-state index contributed by atoms with van der Waals surface area (Å²) in [6.07, 6.45) is 0. The zero-order valence-electron chi connectivity index (χ0n) is 15.7. The van der Waals surface area contributed by atoms with Crippen LogP contribution in [0.2, 0.25) is 0 Å². The van der Waals surface area contributed by atoms with Crippen molar-refractivity contribution < 1.29 is 8.42 Å². The molecule has 0 aliphatic rings. The lowest BCUT2D eigenvalue weighted by Crippen LogP contribution is -2.15. The molecule has 0 saturated carbocycles. The maximum absolute atomic E-state index is 12.8. The summed E-state index contributed by atoms with van der Waals surface area (Å²) < 4.78 is 31.2. The monoisotopic (exact) mass is 447 g/mol. The highest BCUT2D eigenvalue weighted by Gasteiger charge is 2.17. The summed E-state index contributed by atoms with van der Waals surface area (Å²) in [5.41, 5.74) is 5.10. The second-order valence-electron chi connectivity index (χ2n) is 6.72. The van der Waals surface area contributed by atoms with E-state index in [1.807, 2.05) is 55.8 Å². The van der Waals surface area contributed by atoms with Gasteiger partial charge < -0.3 is 0 Å². The zero-order chi connectivity index (χ0) is 19.8. The third-order valence-corrected chi connectivity index (χ3v) is 7.11. The maximum Gasteiger partial charge on any atom is 0.262 e. The minimum absolute atomic E-state index is 0.301. The van der Waals surface area contributed by atoms with Gasteiger partial charge >= 0.3 is 0 Å². The van der Waals surface area contributed by atoms with Crippen molar-refractivity contribution >= 4 is 31.6 Å². The Morgan fingerprint density at radius 3 is 2.48 bits per heavy atom. The summed E-state index contributed by atoms with van der Waals surface area (Å²) in [6.45, 7) is 8.19. The molecule has 0 fully saturated rings. The normalized spacial score (nSPS) is 11.6. The highest BCUT2D eigenvalue weighted by Crippen LogP contribution is 2.23. The molecule has 0 aliphatic carbocycles. The molecule has 0 amide bonds. The third kappa shape index (κ3) is 4.25. The standard InChI is InChI=1S/C20H22BrN3O2S/c1-13-8-9-14(2)19(10-13)27(25,26)23-18-7-5-6-17(11-18)12-24-16(4)20(21)15(3)22-24/h5-11,23H,12H2,1-4H3. The summed E-state index contributed by atoms with van der Waals surface area (Å²) in [4.78, 5) is 0.301. The van der Waals surface area contributed by atoms with Gasteiger partial charge in [0.2, 0.25) is 0 Å². The molecule has 0 bridgehead atoms. The molecule has 5 nitrogen and oxygen atoms in total. The summed E-state index contributed by atoms with van der Waals surface area (Å²) in [7, 11) is -3.65. The molecule has 2 aromatic carbocycles. The Balaban J connectivity index is 1.87. The van der Waals surface area contributed by atoms with Crippen LogP contribution in [0.5, 0.6) is 0 Å². The van der Waals surface area contributed by atoms with E-state index in [-0.39, 0.29) is 0 Å². The van der Waals surface area contributed by atoms with Crippen LogP contribution < -0.4 is 4.72 Å². The topological polar surface area (TPSA) is 64.0 Å². The molecule has 27 heavy (non-hydrogen) atoms. The fraction of sp³-hybridized carbons (Fsp3) is 0.250. The molecule has 0 saturated heterocycles. The average Bonchev–Trinajstić information content (AvgIpc) is 2.84. The van der Waals surface area contributed by atoms with Crippen LogP contribution in [0.25, 0.3) is 0 Å². The number of nitrogens with zero attached hydrogens (tertiary/aromatic N) is 2. The fourth-order valence-corrected chi connectivity index (χ4v) is 4.61. The Kier molecular flexibility index (Phi) is 5.44. The molecule has 3 rings (SSSR count). The number of benzene rings is 2. The Morgan fingerprint density at radius 2 is 1.81 bits per heavy atom. The Labute approximate surface area is 168 Å². The number of nitrogens with one attached hydrogen (secondary N) is 1. The molecule has 0 atom stereocenters. The van der Waals surface area contributed by atoms with E-state index in [0.29, 0.717) is 17.1 Å². The van der Waals surface area contributed by atoms with Crippen molar-refractivity contribution in [3.8, 4) is 0 Å². The van der Waals surface area contributed by atoms with Gasteiger partial charge in [0.25, 0.3) is 10.0 Å². The molecule has 0 radical (unpaired) electrons. The minimum atomic E-state index is -3.65. The number of rotatable bonds is 5. The number of sulfonamides is 1. The van der Waals surface area contributed by atoms with E-state index >= 15 is 0 Å². The van der Waals surface area contributed by atoms with Crippen molar-refractivity contribution in [1.29, 1.82) is 0 Å². The van der Waals surface area contributed by atoms with Gasteiger partial charge in [0.1, 0.15) is 0 Å². The highest BCUT2D eigenvalue weighted by molar-refractivity contribution is 9.10. The van der Waals surface area contributed by atoms with Crippen molar-refractivity contribution in [2.75, 3.05) is 4.72 Å². The smallest absolute Gasteiger partial charge is 0.262 e. The highest BCUT2D eigenvalue weighted by atomic mass is 79.9. The van der Waals surface area contributed by atoms with Crippen molar-refractivity contribution in [3.63, 3.8) is 0 Å². The van der Waals surface area contributed by atoms with E-state index in [4.69, 9.17) is 0 Å². The molecule has 7 heteroatoms. The molecule has 3 aromatic rings. The Morgan fingerprint density at radius 1 is 1.07 bits per heavy atom. The van der Waals surface area contributed by atoms with E-state index in [1.165, 1.54) is 0 Å². The second-order valence-corrected chi connectivity index (χ2v) is 9.16. The molecule has 1 aromatic heterocycles. The first-order valence-electron chi connectivity index (χ1n) is 8.56. The second kappa shape index (κ2) is 7.48. The van der Waals surface area contributed by atoms with Crippen molar-refractivity contribution in [1.82, 2.24) is 9.78 Å². The lowest BCUT2D eigenvalue weighted by Gasteiger charge is -2.12. The number of halogens is 1. The quantitative estimate of drug-likeness (QED) is 0.614. The predicted molar refractivity (Wildman–Crippen MR) is 112 cm³/mol. The minimum Gasteiger partial charge on any atom is -0.280 e. The Hall–Kier alpha value is -2.12. The summed E-state index contributed by atoms with van der Waals surface area (Å²) in [5, 5.41) is 4.51. The van der Waals surface area contributed by atoms with Gasteiger partial charge in [-0.25, -0.2) is 8.42 Å². The number of aryl methyl sites for hydroxylation is 3. The van der Waals surface area contributed by atoms with E-state index < -0.39 is 10.0 Å². The van der Waals surface area contributed by atoms with Crippen LogP contribution in [0, 0.1) is 27.7 Å². The third-order valence-electron chi connectivity index (χ3n) is 4.44. The van der Waals surface area contributed by atoms with Gasteiger partial charge in [0.05, 0.1) is 27.3 Å². The number of hydrogen-bond donors (Lipinski definition) is 1. The van der Waals surface area contributed by atoms with Gasteiger partial charge in [-0.15, -0.1) is 0 Å². The molecule has 0 spiro atoms. The molecule has 0 aliphatic heterocycles.